The van der Waals surface area contributed by atoms with Gasteiger partial charge in [0.25, 0.3) is 5.91 Å². The molecular weight excluding hydrogens is 266 g/mol. The summed E-state index contributed by atoms with van der Waals surface area (Å²) in [6.07, 6.45) is 0.796. The zero-order valence-electron chi connectivity index (χ0n) is 10.6. The van der Waals surface area contributed by atoms with Gasteiger partial charge in [0.1, 0.15) is 0 Å². The molecular formula is C14H16ClNO3. The number of aryl methyl sites for hydroxylation is 1. The second-order valence-corrected chi connectivity index (χ2v) is 4.89. The Kier molecular flexibility index (Phi) is 4.93. The van der Waals surface area contributed by atoms with Gasteiger partial charge in [-0.15, -0.1) is 0 Å². The van der Waals surface area contributed by atoms with E-state index in [-0.39, 0.29) is 12.2 Å². The van der Waals surface area contributed by atoms with Crippen LogP contribution in [0.4, 0.5) is 0 Å². The lowest BCUT2D eigenvalue weighted by molar-refractivity contribution is -0.147. The fourth-order valence-corrected chi connectivity index (χ4v) is 2.08. The first kappa shape index (κ1) is 14.0. The minimum absolute atomic E-state index is 0.234. The molecule has 19 heavy (non-hydrogen) atoms. The molecule has 102 valence electrons. The summed E-state index contributed by atoms with van der Waals surface area (Å²) >= 11 is 5.79. The number of ether oxygens (including phenoxy) is 1. The molecule has 1 aromatic carbocycles. The van der Waals surface area contributed by atoms with Crippen molar-refractivity contribution in [2.45, 2.75) is 12.8 Å². The van der Waals surface area contributed by atoms with Crippen molar-refractivity contribution in [1.29, 1.82) is 0 Å². The van der Waals surface area contributed by atoms with E-state index in [0.717, 1.165) is 5.56 Å². The summed E-state index contributed by atoms with van der Waals surface area (Å²) in [6.45, 7) is 2.03. The van der Waals surface area contributed by atoms with Crippen LogP contribution < -0.4 is 0 Å². The van der Waals surface area contributed by atoms with Gasteiger partial charge in [0.05, 0.1) is 13.2 Å². The van der Waals surface area contributed by atoms with Gasteiger partial charge in [0.2, 0.25) is 5.78 Å². The van der Waals surface area contributed by atoms with E-state index < -0.39 is 5.91 Å². The number of carbonyl (C=O) groups is 2. The zero-order valence-corrected chi connectivity index (χ0v) is 11.4. The molecule has 0 atom stereocenters. The van der Waals surface area contributed by atoms with Crippen LogP contribution in [-0.2, 0) is 20.7 Å². The Morgan fingerprint density at radius 1 is 1.16 bits per heavy atom. The Balaban J connectivity index is 1.83. The number of halogens is 1. The molecule has 1 aliphatic heterocycles. The molecule has 0 unspecified atom stereocenters. The summed E-state index contributed by atoms with van der Waals surface area (Å²) in [5.74, 6) is -0.728. The van der Waals surface area contributed by atoms with Crippen molar-refractivity contribution in [3.8, 4) is 0 Å². The average Bonchev–Trinajstić information content (AvgIpc) is 2.46. The van der Waals surface area contributed by atoms with E-state index in [4.69, 9.17) is 16.3 Å². The number of benzene rings is 1. The van der Waals surface area contributed by atoms with Crippen LogP contribution in [0.15, 0.2) is 24.3 Å². The maximum Gasteiger partial charge on any atom is 0.290 e. The normalized spacial score (nSPS) is 15.3. The van der Waals surface area contributed by atoms with Crippen LogP contribution >= 0.6 is 11.6 Å². The molecule has 1 heterocycles. The van der Waals surface area contributed by atoms with Gasteiger partial charge in [-0.25, -0.2) is 0 Å². The summed E-state index contributed by atoms with van der Waals surface area (Å²) in [6, 6.07) is 7.31. The lowest BCUT2D eigenvalue weighted by atomic mass is 10.1. The average molecular weight is 282 g/mol. The topological polar surface area (TPSA) is 46.6 Å². The Labute approximate surface area is 117 Å². The quantitative estimate of drug-likeness (QED) is 0.789. The Morgan fingerprint density at radius 3 is 2.42 bits per heavy atom. The fraction of sp³-hybridized carbons (Fsp3) is 0.429. The van der Waals surface area contributed by atoms with Crippen LogP contribution in [0.3, 0.4) is 0 Å². The SMILES string of the molecule is O=C(CCc1ccc(Cl)cc1)C(=O)N1CCOCC1. The van der Waals surface area contributed by atoms with E-state index in [9.17, 15) is 9.59 Å². The van der Waals surface area contributed by atoms with Crippen LogP contribution in [0.5, 0.6) is 0 Å². The minimum atomic E-state index is -0.391. The Hall–Kier alpha value is -1.39. The fourth-order valence-electron chi connectivity index (χ4n) is 1.96. The summed E-state index contributed by atoms with van der Waals surface area (Å²) in [4.78, 5) is 25.3. The van der Waals surface area contributed by atoms with Gasteiger partial charge in [0.15, 0.2) is 0 Å². The molecule has 1 fully saturated rings. The van der Waals surface area contributed by atoms with Gasteiger partial charge in [-0.2, -0.15) is 0 Å². The third kappa shape index (κ3) is 4.04. The van der Waals surface area contributed by atoms with Gasteiger partial charge >= 0.3 is 0 Å². The summed E-state index contributed by atoms with van der Waals surface area (Å²) in [7, 11) is 0. The number of amides is 1. The van der Waals surface area contributed by atoms with Gasteiger partial charge in [0, 0.05) is 24.5 Å². The number of carbonyl (C=O) groups excluding carboxylic acids is 2. The lowest BCUT2D eigenvalue weighted by Gasteiger charge is -2.26. The zero-order chi connectivity index (χ0) is 13.7. The molecule has 1 aliphatic rings. The van der Waals surface area contributed by atoms with Crippen molar-refractivity contribution in [3.63, 3.8) is 0 Å². The van der Waals surface area contributed by atoms with Crippen molar-refractivity contribution in [3.05, 3.63) is 34.9 Å². The van der Waals surface area contributed by atoms with Crippen molar-refractivity contribution in [2.75, 3.05) is 26.3 Å². The highest BCUT2D eigenvalue weighted by atomic mass is 35.5. The lowest BCUT2D eigenvalue weighted by Crippen LogP contribution is -2.44. The number of morpholine rings is 1. The smallest absolute Gasteiger partial charge is 0.290 e. The third-order valence-electron chi connectivity index (χ3n) is 3.09. The second-order valence-electron chi connectivity index (χ2n) is 4.45. The van der Waals surface area contributed by atoms with Gasteiger partial charge in [-0.1, -0.05) is 23.7 Å². The molecule has 4 nitrogen and oxygen atoms in total. The van der Waals surface area contributed by atoms with Crippen LogP contribution in [-0.4, -0.2) is 42.9 Å². The van der Waals surface area contributed by atoms with E-state index in [1.807, 2.05) is 12.1 Å². The Morgan fingerprint density at radius 2 is 1.79 bits per heavy atom. The van der Waals surface area contributed by atoms with Gasteiger partial charge in [-0.3, -0.25) is 9.59 Å². The van der Waals surface area contributed by atoms with Crippen LogP contribution in [0, 0.1) is 0 Å². The van der Waals surface area contributed by atoms with E-state index in [0.29, 0.717) is 37.7 Å². The molecule has 0 aromatic heterocycles. The number of rotatable bonds is 4. The third-order valence-corrected chi connectivity index (χ3v) is 3.34. The molecule has 1 aromatic rings. The standard InChI is InChI=1S/C14H16ClNO3/c15-12-4-1-11(2-5-12)3-6-13(17)14(18)16-7-9-19-10-8-16/h1-2,4-5H,3,6-10H2. The van der Waals surface area contributed by atoms with Crippen molar-refractivity contribution in [1.82, 2.24) is 4.90 Å². The molecule has 0 bridgehead atoms. The summed E-state index contributed by atoms with van der Waals surface area (Å²) < 4.78 is 5.15. The maximum absolute atomic E-state index is 11.9. The highest BCUT2D eigenvalue weighted by Gasteiger charge is 2.22. The molecule has 0 radical (unpaired) electrons. The van der Waals surface area contributed by atoms with E-state index in [1.165, 1.54) is 0 Å². The second kappa shape index (κ2) is 6.68. The molecule has 0 saturated carbocycles. The Bertz CT molecular complexity index is 452. The maximum atomic E-state index is 11.9. The van der Waals surface area contributed by atoms with Crippen LogP contribution in [0.2, 0.25) is 5.02 Å². The first-order chi connectivity index (χ1) is 9.16. The van der Waals surface area contributed by atoms with Crippen molar-refractivity contribution >= 4 is 23.3 Å². The molecule has 0 aliphatic carbocycles. The number of nitrogens with zero attached hydrogens (tertiary/aromatic N) is 1. The number of hydrogen-bond donors (Lipinski definition) is 0. The summed E-state index contributed by atoms with van der Waals surface area (Å²) in [5.41, 5.74) is 1.01. The number of ketones is 1. The predicted octanol–water partition coefficient (Wildman–Crippen LogP) is 1.70. The van der Waals surface area contributed by atoms with Gasteiger partial charge in [-0.05, 0) is 24.1 Å². The van der Waals surface area contributed by atoms with Crippen LogP contribution in [0.1, 0.15) is 12.0 Å². The predicted molar refractivity (Wildman–Crippen MR) is 72.2 cm³/mol. The first-order valence-electron chi connectivity index (χ1n) is 6.31. The highest BCUT2D eigenvalue weighted by molar-refractivity contribution is 6.36. The first-order valence-corrected chi connectivity index (χ1v) is 6.69. The highest BCUT2D eigenvalue weighted by Crippen LogP contribution is 2.11. The van der Waals surface area contributed by atoms with E-state index >= 15 is 0 Å². The molecule has 0 N–H and O–H groups in total. The van der Waals surface area contributed by atoms with Gasteiger partial charge < -0.3 is 9.64 Å². The largest absolute Gasteiger partial charge is 0.378 e. The molecule has 0 spiro atoms. The number of Topliss-reactive ketones (excluding diaryl/α,β-unsaturated/α-hetero) is 1. The number of hydrogen-bond acceptors (Lipinski definition) is 3. The molecule has 1 amide bonds. The van der Waals surface area contributed by atoms with E-state index in [1.54, 1.807) is 17.0 Å². The summed E-state index contributed by atoms with van der Waals surface area (Å²) in [5, 5.41) is 0.666. The molecule has 1 saturated heterocycles. The molecule has 5 heteroatoms. The monoisotopic (exact) mass is 281 g/mol. The molecule has 2 rings (SSSR count). The van der Waals surface area contributed by atoms with Crippen LogP contribution in [0.25, 0.3) is 0 Å². The minimum Gasteiger partial charge on any atom is -0.378 e. The van der Waals surface area contributed by atoms with Crippen molar-refractivity contribution in [2.24, 2.45) is 0 Å². The van der Waals surface area contributed by atoms with E-state index in [2.05, 4.69) is 0 Å². The van der Waals surface area contributed by atoms with Crippen molar-refractivity contribution < 1.29 is 14.3 Å².